The van der Waals surface area contributed by atoms with Gasteiger partial charge in [0.2, 0.25) is 0 Å². The molecule has 35 heavy (non-hydrogen) atoms. The van der Waals surface area contributed by atoms with Crippen molar-refractivity contribution in [1.82, 2.24) is 15.3 Å². The molecule has 3 heterocycles. The Kier molecular flexibility index (Phi) is 6.36. The Balaban J connectivity index is 1.47. The Labute approximate surface area is 206 Å². The number of nitrogens with one attached hydrogen (secondary N) is 2. The number of aryl methyl sites for hydroxylation is 1. The van der Waals surface area contributed by atoms with Crippen LogP contribution >= 0.6 is 0 Å². The van der Waals surface area contributed by atoms with Gasteiger partial charge in [-0.15, -0.1) is 0 Å². The highest BCUT2D eigenvalue weighted by Crippen LogP contribution is 2.45. The number of dihydropyridines is 1. The third-order valence-electron chi connectivity index (χ3n) is 6.91. The zero-order valence-corrected chi connectivity index (χ0v) is 20.3. The molecule has 0 saturated heterocycles. The van der Waals surface area contributed by atoms with Crippen molar-refractivity contribution in [3.63, 3.8) is 0 Å². The number of hydrogen-bond acceptors (Lipinski definition) is 6. The smallest absolute Gasteiger partial charge is 0.162 e. The van der Waals surface area contributed by atoms with Gasteiger partial charge < -0.3 is 15.4 Å². The molecule has 6 heteroatoms. The van der Waals surface area contributed by atoms with Crippen LogP contribution in [0.15, 0.2) is 89.5 Å². The second kappa shape index (κ2) is 9.74. The largest absolute Gasteiger partial charge is 0.497 e. The second-order valence-electron chi connectivity index (χ2n) is 9.23. The average Bonchev–Trinajstić information content (AvgIpc) is 2.88. The van der Waals surface area contributed by atoms with Crippen LogP contribution in [0.5, 0.6) is 5.75 Å². The summed E-state index contributed by atoms with van der Waals surface area (Å²) in [5.74, 6) is 1.75. The molecule has 0 unspecified atom stereocenters. The molecular formula is C29H30N4O2. The minimum atomic E-state index is -0.185. The summed E-state index contributed by atoms with van der Waals surface area (Å²) in [6.07, 6.45) is 4.92. The first-order valence-electron chi connectivity index (χ1n) is 12.0. The molecule has 1 aromatic carbocycles. The molecule has 0 amide bonds. The summed E-state index contributed by atoms with van der Waals surface area (Å²) >= 11 is 0. The van der Waals surface area contributed by atoms with Crippen molar-refractivity contribution in [1.29, 1.82) is 0 Å². The van der Waals surface area contributed by atoms with Gasteiger partial charge in [0.15, 0.2) is 5.78 Å². The molecule has 5 rings (SSSR count). The molecule has 0 radical (unpaired) electrons. The number of nitrogens with zero attached hydrogens (tertiary/aromatic N) is 2. The van der Waals surface area contributed by atoms with Crippen LogP contribution in [0, 0.1) is 6.92 Å². The molecule has 0 saturated carbocycles. The van der Waals surface area contributed by atoms with E-state index in [0.29, 0.717) is 13.0 Å². The van der Waals surface area contributed by atoms with Crippen LogP contribution in [0.2, 0.25) is 0 Å². The summed E-state index contributed by atoms with van der Waals surface area (Å²) in [6, 6.07) is 18.0. The maximum atomic E-state index is 13.7. The number of ketones is 1. The number of rotatable bonds is 6. The van der Waals surface area contributed by atoms with Crippen LogP contribution in [-0.4, -0.2) is 29.4 Å². The summed E-state index contributed by atoms with van der Waals surface area (Å²) in [6.45, 7) is 4.68. The van der Waals surface area contributed by atoms with Crippen LogP contribution < -0.4 is 15.4 Å². The van der Waals surface area contributed by atoms with Crippen LogP contribution in [0.1, 0.15) is 48.4 Å². The zero-order valence-electron chi connectivity index (χ0n) is 20.3. The van der Waals surface area contributed by atoms with Crippen molar-refractivity contribution < 1.29 is 9.53 Å². The van der Waals surface area contributed by atoms with Crippen molar-refractivity contribution >= 4 is 11.6 Å². The van der Waals surface area contributed by atoms with Gasteiger partial charge in [-0.05, 0) is 73.2 Å². The molecule has 0 spiro atoms. The minimum Gasteiger partial charge on any atom is -0.497 e. The van der Waals surface area contributed by atoms with E-state index in [1.165, 1.54) is 0 Å². The summed E-state index contributed by atoms with van der Waals surface area (Å²) in [4.78, 5) is 22.8. The van der Waals surface area contributed by atoms with Crippen LogP contribution in [0.25, 0.3) is 0 Å². The van der Waals surface area contributed by atoms with Crippen molar-refractivity contribution in [3.05, 3.63) is 106 Å². The monoisotopic (exact) mass is 466 g/mol. The number of methoxy groups -OCH3 is 1. The van der Waals surface area contributed by atoms with Gasteiger partial charge in [0.25, 0.3) is 0 Å². The summed E-state index contributed by atoms with van der Waals surface area (Å²) in [7, 11) is 1.66. The second-order valence-corrected chi connectivity index (χ2v) is 9.23. The number of aromatic nitrogens is 2. The summed E-state index contributed by atoms with van der Waals surface area (Å²) in [5.41, 5.74) is 7.18. The lowest BCUT2D eigenvalue weighted by molar-refractivity contribution is -0.116. The van der Waals surface area contributed by atoms with E-state index in [4.69, 9.17) is 4.74 Å². The van der Waals surface area contributed by atoms with E-state index >= 15 is 0 Å². The highest BCUT2D eigenvalue weighted by atomic mass is 16.5. The number of carbonyl (C=O) groups excluding carboxylic acids is 1. The third-order valence-corrected chi connectivity index (χ3v) is 6.91. The number of hydrogen-bond donors (Lipinski definition) is 2. The number of allylic oxidation sites excluding steroid dienone is 3. The van der Waals surface area contributed by atoms with Gasteiger partial charge in [-0.25, -0.2) is 4.98 Å². The van der Waals surface area contributed by atoms with Gasteiger partial charge in [-0.1, -0.05) is 24.3 Å². The van der Waals surface area contributed by atoms with Gasteiger partial charge in [0.05, 0.1) is 18.7 Å². The number of carbonyl (C=O) groups is 1. The first-order chi connectivity index (χ1) is 17.0. The molecule has 2 N–H and O–H groups in total. The molecule has 2 atom stereocenters. The standard InChI is InChI=1S/C29H30N4O2/c1-18-7-12-27(31-16-18)32-17-23-19(2)33-25-14-21(20-8-10-22(35-3)11-9-20)15-26(34)29(25)28(23)24-6-4-5-13-30-24/h4-13,16,21,28,33H,14-15,17H2,1-3H3,(H,31,32)/t21-,28+/m0/s1. The predicted octanol–water partition coefficient (Wildman–Crippen LogP) is 5.27. The van der Waals surface area contributed by atoms with Crippen LogP contribution in [-0.2, 0) is 4.79 Å². The van der Waals surface area contributed by atoms with Gasteiger partial charge in [0, 0.05) is 42.3 Å². The Morgan fingerprint density at radius 3 is 2.54 bits per heavy atom. The van der Waals surface area contributed by atoms with Crippen molar-refractivity contribution in [2.24, 2.45) is 0 Å². The Bertz CT molecular complexity index is 1280. The average molecular weight is 467 g/mol. The fraction of sp³-hybridized carbons (Fsp3) is 0.276. The number of anilines is 1. The van der Waals surface area contributed by atoms with E-state index in [0.717, 1.165) is 57.3 Å². The van der Waals surface area contributed by atoms with Crippen molar-refractivity contribution in [2.75, 3.05) is 19.0 Å². The van der Waals surface area contributed by atoms with E-state index in [1.54, 1.807) is 13.3 Å². The summed E-state index contributed by atoms with van der Waals surface area (Å²) in [5, 5.41) is 7.04. The molecule has 2 aromatic heterocycles. The molecule has 1 aliphatic carbocycles. The van der Waals surface area contributed by atoms with E-state index in [1.807, 2.05) is 55.6 Å². The normalized spacial score (nSPS) is 19.8. The fourth-order valence-electron chi connectivity index (χ4n) is 5.06. The Hall–Kier alpha value is -3.93. The first kappa shape index (κ1) is 22.8. The fourth-order valence-corrected chi connectivity index (χ4v) is 5.06. The molecule has 178 valence electrons. The molecule has 1 aliphatic heterocycles. The number of ether oxygens (including phenoxy) is 1. The molecule has 0 bridgehead atoms. The van der Waals surface area contributed by atoms with Crippen LogP contribution in [0.3, 0.4) is 0 Å². The van der Waals surface area contributed by atoms with Gasteiger partial charge in [-0.2, -0.15) is 0 Å². The SMILES string of the molecule is COc1ccc([C@@H]2CC(=O)C3=C(C2)NC(C)=C(CNc2ccc(C)cn2)[C@@H]3c2ccccn2)cc1. The molecule has 6 nitrogen and oxygen atoms in total. The molecule has 2 aliphatic rings. The van der Waals surface area contributed by atoms with E-state index < -0.39 is 0 Å². The number of Topliss-reactive ketones (excluding diaryl/α,β-unsaturated/α-hetero) is 1. The van der Waals surface area contributed by atoms with Gasteiger partial charge >= 0.3 is 0 Å². The van der Waals surface area contributed by atoms with E-state index in [-0.39, 0.29) is 17.6 Å². The lowest BCUT2D eigenvalue weighted by Gasteiger charge is -2.37. The highest BCUT2D eigenvalue weighted by Gasteiger charge is 2.39. The van der Waals surface area contributed by atoms with Gasteiger partial charge in [0.1, 0.15) is 11.6 Å². The predicted molar refractivity (Wildman–Crippen MR) is 137 cm³/mol. The third kappa shape index (κ3) is 4.69. The lowest BCUT2D eigenvalue weighted by atomic mass is 9.73. The van der Waals surface area contributed by atoms with Crippen LogP contribution in [0.4, 0.5) is 5.82 Å². The van der Waals surface area contributed by atoms with Crippen molar-refractivity contribution in [3.8, 4) is 5.75 Å². The van der Waals surface area contributed by atoms with E-state index in [9.17, 15) is 4.79 Å². The zero-order chi connectivity index (χ0) is 24.4. The maximum absolute atomic E-state index is 13.7. The minimum absolute atomic E-state index is 0.133. The lowest BCUT2D eigenvalue weighted by Crippen LogP contribution is -2.35. The molecule has 3 aromatic rings. The number of pyridine rings is 2. The highest BCUT2D eigenvalue weighted by molar-refractivity contribution is 6.00. The number of benzene rings is 1. The van der Waals surface area contributed by atoms with Crippen molar-refractivity contribution in [2.45, 2.75) is 38.5 Å². The Morgan fingerprint density at radius 2 is 1.86 bits per heavy atom. The summed E-state index contributed by atoms with van der Waals surface area (Å²) < 4.78 is 5.30. The Morgan fingerprint density at radius 1 is 1.03 bits per heavy atom. The quantitative estimate of drug-likeness (QED) is 0.516. The topological polar surface area (TPSA) is 76.1 Å². The van der Waals surface area contributed by atoms with Gasteiger partial charge in [-0.3, -0.25) is 9.78 Å². The maximum Gasteiger partial charge on any atom is 0.162 e. The first-order valence-corrected chi connectivity index (χ1v) is 12.0. The van der Waals surface area contributed by atoms with E-state index in [2.05, 4.69) is 39.7 Å². The molecule has 0 fully saturated rings. The molecular weight excluding hydrogens is 436 g/mol.